The molecule has 1 unspecified atom stereocenters. The summed E-state index contributed by atoms with van der Waals surface area (Å²) in [5.74, 6) is 0. The van der Waals surface area contributed by atoms with Crippen LogP contribution in [0.5, 0.6) is 0 Å². The average Bonchev–Trinajstić information content (AvgIpc) is 3.35. The number of urea groups is 1. The van der Waals surface area contributed by atoms with Crippen LogP contribution in [0.4, 0.5) is 4.79 Å². The lowest BCUT2D eigenvalue weighted by Gasteiger charge is -2.24. The van der Waals surface area contributed by atoms with Crippen LogP contribution in [-0.2, 0) is 13.1 Å². The molecule has 2 N–H and O–H groups in total. The lowest BCUT2D eigenvalue weighted by molar-refractivity contribution is 0.222. The van der Waals surface area contributed by atoms with Crippen molar-refractivity contribution < 1.29 is 4.79 Å². The Balaban J connectivity index is 1.47. The number of rotatable bonds is 8. The smallest absolute Gasteiger partial charge is 0.315 e. The highest BCUT2D eigenvalue weighted by molar-refractivity contribution is 5.73. The summed E-state index contributed by atoms with van der Waals surface area (Å²) in [7, 11) is 2.13. The number of amides is 2. The molecule has 1 aliphatic rings. The summed E-state index contributed by atoms with van der Waals surface area (Å²) >= 11 is 0. The summed E-state index contributed by atoms with van der Waals surface area (Å²) in [4.78, 5) is 14.4. The van der Waals surface area contributed by atoms with Gasteiger partial charge in [0.25, 0.3) is 0 Å². The Kier molecular flexibility index (Phi) is 5.71. The molecule has 3 rings (SSSR count). The molecule has 0 radical (unpaired) electrons. The van der Waals surface area contributed by atoms with Crippen molar-refractivity contribution in [3.8, 4) is 0 Å². The molecule has 2 amide bonds. The molecule has 1 heterocycles. The predicted molar refractivity (Wildman–Crippen MR) is 98.3 cm³/mol. The van der Waals surface area contributed by atoms with Crippen LogP contribution in [0.2, 0.25) is 0 Å². The zero-order chi connectivity index (χ0) is 17.6. The minimum Gasteiger partial charge on any atom is -0.337 e. The Labute approximate surface area is 149 Å². The summed E-state index contributed by atoms with van der Waals surface area (Å²) in [5.41, 5.74) is 2.27. The van der Waals surface area contributed by atoms with Crippen molar-refractivity contribution in [1.82, 2.24) is 25.3 Å². The van der Waals surface area contributed by atoms with Gasteiger partial charge in [0.05, 0.1) is 6.54 Å². The summed E-state index contributed by atoms with van der Waals surface area (Å²) in [6, 6.07) is 11.0. The molecule has 1 atom stereocenters. The monoisotopic (exact) mass is 341 g/mol. The molecular weight excluding hydrogens is 314 g/mol. The van der Waals surface area contributed by atoms with E-state index >= 15 is 0 Å². The van der Waals surface area contributed by atoms with Gasteiger partial charge in [0.2, 0.25) is 0 Å². The molecule has 1 aromatic heterocycles. The first-order chi connectivity index (χ1) is 12.1. The van der Waals surface area contributed by atoms with Gasteiger partial charge in [-0.1, -0.05) is 24.3 Å². The molecule has 0 spiro atoms. The number of nitrogens with zero attached hydrogens (tertiary/aromatic N) is 3. The molecule has 25 heavy (non-hydrogen) atoms. The quantitative estimate of drug-likeness (QED) is 0.774. The molecule has 6 nitrogen and oxygen atoms in total. The van der Waals surface area contributed by atoms with E-state index < -0.39 is 0 Å². The van der Waals surface area contributed by atoms with E-state index in [1.54, 1.807) is 6.20 Å². The Hall–Kier alpha value is -2.34. The molecule has 0 aliphatic heterocycles. The molecular formula is C19H27N5O. The maximum Gasteiger partial charge on any atom is 0.315 e. The van der Waals surface area contributed by atoms with Crippen molar-refractivity contribution in [2.75, 3.05) is 13.6 Å². The molecule has 134 valence electrons. The second kappa shape index (κ2) is 8.16. The molecule has 2 aromatic rings. The number of aromatic nitrogens is 2. The number of likely N-dealkylation sites (N-methyl/N-ethyl adjacent to an activating group) is 1. The number of nitrogens with one attached hydrogen (secondary N) is 2. The Morgan fingerprint density at radius 2 is 2.04 bits per heavy atom. The van der Waals surface area contributed by atoms with Crippen molar-refractivity contribution in [2.24, 2.45) is 0 Å². The lowest BCUT2D eigenvalue weighted by Crippen LogP contribution is -2.44. The average molecular weight is 341 g/mol. The molecule has 0 bridgehead atoms. The SMILES string of the molecule is CC(CNC(=O)NCc1ccccc1Cn1cccn1)N(C)C1CC1. The highest BCUT2D eigenvalue weighted by Gasteiger charge is 2.29. The van der Waals surface area contributed by atoms with Gasteiger partial charge in [-0.2, -0.15) is 5.10 Å². The zero-order valence-electron chi connectivity index (χ0n) is 15.0. The molecule has 6 heteroatoms. The lowest BCUT2D eigenvalue weighted by atomic mass is 10.1. The molecule has 1 aliphatic carbocycles. The van der Waals surface area contributed by atoms with Crippen LogP contribution in [0.25, 0.3) is 0 Å². The third kappa shape index (κ3) is 5.06. The second-order valence-corrected chi connectivity index (χ2v) is 6.78. The van der Waals surface area contributed by atoms with Gasteiger partial charge < -0.3 is 10.6 Å². The van der Waals surface area contributed by atoms with Crippen LogP contribution in [0.15, 0.2) is 42.7 Å². The maximum atomic E-state index is 12.1. The number of carbonyl (C=O) groups is 1. The molecule has 1 fully saturated rings. The maximum absolute atomic E-state index is 12.1. The fraction of sp³-hybridized carbons (Fsp3) is 0.474. The number of benzene rings is 1. The predicted octanol–water partition coefficient (Wildman–Crippen LogP) is 2.21. The number of carbonyl (C=O) groups excluding carboxylic acids is 1. The van der Waals surface area contributed by atoms with Crippen molar-refractivity contribution in [2.45, 2.75) is 44.9 Å². The van der Waals surface area contributed by atoms with Crippen LogP contribution in [0.3, 0.4) is 0 Å². The van der Waals surface area contributed by atoms with Crippen LogP contribution in [0, 0.1) is 0 Å². The highest BCUT2D eigenvalue weighted by Crippen LogP contribution is 2.26. The van der Waals surface area contributed by atoms with Gasteiger partial charge in [-0.15, -0.1) is 0 Å². The summed E-state index contributed by atoms with van der Waals surface area (Å²) in [6.07, 6.45) is 6.27. The summed E-state index contributed by atoms with van der Waals surface area (Å²) in [5, 5.41) is 10.2. The number of hydrogen-bond acceptors (Lipinski definition) is 3. The van der Waals surface area contributed by atoms with Gasteiger partial charge in [-0.05, 0) is 44.0 Å². The first kappa shape index (κ1) is 17.5. The van der Waals surface area contributed by atoms with Crippen molar-refractivity contribution in [3.63, 3.8) is 0 Å². The molecule has 1 saturated carbocycles. The van der Waals surface area contributed by atoms with Gasteiger partial charge in [-0.25, -0.2) is 4.79 Å². The van der Waals surface area contributed by atoms with Crippen LogP contribution >= 0.6 is 0 Å². The number of hydrogen-bond donors (Lipinski definition) is 2. The third-order valence-corrected chi connectivity index (χ3v) is 4.83. The summed E-state index contributed by atoms with van der Waals surface area (Å²) in [6.45, 7) is 4.03. The largest absolute Gasteiger partial charge is 0.337 e. The van der Waals surface area contributed by atoms with Crippen LogP contribution in [-0.4, -0.2) is 46.4 Å². The van der Waals surface area contributed by atoms with Gasteiger partial charge >= 0.3 is 6.03 Å². The van der Waals surface area contributed by atoms with Crippen molar-refractivity contribution in [3.05, 3.63) is 53.9 Å². The van der Waals surface area contributed by atoms with E-state index in [0.717, 1.165) is 11.1 Å². The summed E-state index contributed by atoms with van der Waals surface area (Å²) < 4.78 is 1.88. The van der Waals surface area contributed by atoms with Gasteiger partial charge in [0, 0.05) is 37.6 Å². The minimum absolute atomic E-state index is 0.120. The first-order valence-corrected chi connectivity index (χ1v) is 8.91. The minimum atomic E-state index is -0.120. The third-order valence-electron chi connectivity index (χ3n) is 4.83. The fourth-order valence-electron chi connectivity index (χ4n) is 2.92. The standard InChI is InChI=1S/C19H27N5O/c1-15(23(2)18-8-9-18)12-20-19(25)21-13-16-6-3-4-7-17(16)14-24-11-5-10-22-24/h3-7,10-11,15,18H,8-9,12-14H2,1-2H3,(H2,20,21,25). The zero-order valence-corrected chi connectivity index (χ0v) is 15.0. The first-order valence-electron chi connectivity index (χ1n) is 8.91. The normalized spacial score (nSPS) is 15.2. The van der Waals surface area contributed by atoms with Gasteiger partial charge in [0.15, 0.2) is 0 Å². The van der Waals surface area contributed by atoms with E-state index in [9.17, 15) is 4.79 Å². The molecule has 0 saturated heterocycles. The van der Waals surface area contributed by atoms with E-state index in [4.69, 9.17) is 0 Å². The van der Waals surface area contributed by atoms with E-state index in [-0.39, 0.29) is 6.03 Å². The molecule has 1 aromatic carbocycles. The topological polar surface area (TPSA) is 62.2 Å². The van der Waals surface area contributed by atoms with Crippen LogP contribution in [0.1, 0.15) is 30.9 Å². The van der Waals surface area contributed by atoms with Gasteiger partial charge in [-0.3, -0.25) is 9.58 Å². The van der Waals surface area contributed by atoms with Crippen LogP contribution < -0.4 is 10.6 Å². The van der Waals surface area contributed by atoms with E-state index in [2.05, 4.69) is 40.7 Å². The Bertz CT molecular complexity index is 681. The Morgan fingerprint density at radius 3 is 2.72 bits per heavy atom. The Morgan fingerprint density at radius 1 is 1.28 bits per heavy atom. The van der Waals surface area contributed by atoms with Crippen molar-refractivity contribution in [1.29, 1.82) is 0 Å². The van der Waals surface area contributed by atoms with Gasteiger partial charge in [0.1, 0.15) is 0 Å². The van der Waals surface area contributed by atoms with E-state index in [0.29, 0.717) is 31.7 Å². The van der Waals surface area contributed by atoms with E-state index in [1.807, 2.05) is 35.1 Å². The second-order valence-electron chi connectivity index (χ2n) is 6.78. The highest BCUT2D eigenvalue weighted by atomic mass is 16.2. The van der Waals surface area contributed by atoms with E-state index in [1.165, 1.54) is 12.8 Å². The van der Waals surface area contributed by atoms with Crippen molar-refractivity contribution >= 4 is 6.03 Å². The fourth-order valence-corrected chi connectivity index (χ4v) is 2.92.